The van der Waals surface area contributed by atoms with E-state index < -0.39 is 17.7 Å². The molecular formula is C31H48F3NO2. The third kappa shape index (κ3) is 7.64. The summed E-state index contributed by atoms with van der Waals surface area (Å²) in [6.07, 6.45) is 18.9. The minimum atomic E-state index is -4.32. The lowest BCUT2D eigenvalue weighted by Crippen LogP contribution is -2.53. The zero-order valence-electron chi connectivity index (χ0n) is 22.8. The molecule has 3 fully saturated rings. The molecule has 3 saturated carbocycles. The number of halogens is 3. The summed E-state index contributed by atoms with van der Waals surface area (Å²) in [5.41, 5.74) is -0.929. The Kier molecular flexibility index (Phi) is 9.85. The van der Waals surface area contributed by atoms with Crippen molar-refractivity contribution in [3.63, 3.8) is 0 Å². The molecule has 1 unspecified atom stereocenters. The van der Waals surface area contributed by atoms with Gasteiger partial charge in [0.05, 0.1) is 5.57 Å². The van der Waals surface area contributed by atoms with E-state index in [2.05, 4.69) is 11.8 Å². The van der Waals surface area contributed by atoms with Crippen LogP contribution in [0, 0.1) is 23.2 Å². The van der Waals surface area contributed by atoms with Gasteiger partial charge in [-0.1, -0.05) is 82.9 Å². The highest BCUT2D eigenvalue weighted by Gasteiger charge is 2.46. The summed E-state index contributed by atoms with van der Waals surface area (Å²) in [6, 6.07) is 0.860. The molecule has 0 aliphatic heterocycles. The zero-order chi connectivity index (χ0) is 26.5. The highest BCUT2D eigenvalue weighted by molar-refractivity contribution is 5.67. The van der Waals surface area contributed by atoms with Crippen LogP contribution in [0.15, 0.2) is 23.8 Å². The fraction of sp³-hybridized carbons (Fsp3) is 0.839. The SMILES string of the molecule is CC1([C@@H]2C[C@H](CC(=O)O)CC[C@H]2N(CCC2CCCCC2)C2CCCCCC2)C=CC(C(F)(F)F)=CC1. The second-order valence-corrected chi connectivity index (χ2v) is 12.8. The van der Waals surface area contributed by atoms with Crippen LogP contribution in [0.5, 0.6) is 0 Å². The Balaban J connectivity index is 1.59. The molecule has 6 heteroatoms. The zero-order valence-corrected chi connectivity index (χ0v) is 22.8. The number of aliphatic carboxylic acids is 1. The van der Waals surface area contributed by atoms with E-state index in [1.165, 1.54) is 89.2 Å². The first-order valence-corrected chi connectivity index (χ1v) is 15.1. The van der Waals surface area contributed by atoms with Crippen molar-refractivity contribution < 1.29 is 23.1 Å². The van der Waals surface area contributed by atoms with Crippen LogP contribution in [0.1, 0.15) is 116 Å². The van der Waals surface area contributed by atoms with Crippen molar-refractivity contribution >= 4 is 5.97 Å². The molecule has 4 atom stereocenters. The average Bonchev–Trinajstić information content (AvgIpc) is 3.14. The fourth-order valence-corrected chi connectivity index (χ4v) is 8.03. The van der Waals surface area contributed by atoms with Gasteiger partial charge in [-0.15, -0.1) is 0 Å². The minimum Gasteiger partial charge on any atom is -0.481 e. The molecule has 1 N–H and O–H groups in total. The van der Waals surface area contributed by atoms with Gasteiger partial charge in [-0.05, 0) is 74.7 Å². The first kappa shape index (κ1) is 28.7. The van der Waals surface area contributed by atoms with E-state index in [9.17, 15) is 23.1 Å². The molecule has 0 heterocycles. The normalized spacial score (nSPS) is 32.8. The molecule has 0 bridgehead atoms. The van der Waals surface area contributed by atoms with Crippen LogP contribution < -0.4 is 0 Å². The smallest absolute Gasteiger partial charge is 0.416 e. The Labute approximate surface area is 221 Å². The number of hydrogen-bond donors (Lipinski definition) is 1. The van der Waals surface area contributed by atoms with Gasteiger partial charge in [-0.3, -0.25) is 9.69 Å². The Morgan fingerprint density at radius 3 is 2.22 bits per heavy atom. The Bertz CT molecular complexity index is 808. The van der Waals surface area contributed by atoms with Crippen molar-refractivity contribution in [1.82, 2.24) is 4.90 Å². The van der Waals surface area contributed by atoms with Crippen molar-refractivity contribution in [2.45, 2.75) is 134 Å². The number of nitrogens with zero attached hydrogens (tertiary/aromatic N) is 1. The lowest BCUT2D eigenvalue weighted by atomic mass is 9.61. The van der Waals surface area contributed by atoms with Crippen molar-refractivity contribution in [1.29, 1.82) is 0 Å². The van der Waals surface area contributed by atoms with E-state index in [0.29, 0.717) is 18.5 Å². The highest BCUT2D eigenvalue weighted by Crippen LogP contribution is 2.50. The molecule has 0 saturated heterocycles. The Morgan fingerprint density at radius 1 is 0.973 bits per heavy atom. The van der Waals surface area contributed by atoms with Crippen LogP contribution in [0.25, 0.3) is 0 Å². The predicted molar refractivity (Wildman–Crippen MR) is 142 cm³/mol. The van der Waals surface area contributed by atoms with E-state index in [1.54, 1.807) is 0 Å². The van der Waals surface area contributed by atoms with E-state index in [1.807, 2.05) is 6.08 Å². The third-order valence-electron chi connectivity index (χ3n) is 10.2. The van der Waals surface area contributed by atoms with Gasteiger partial charge >= 0.3 is 12.1 Å². The van der Waals surface area contributed by atoms with E-state index in [4.69, 9.17) is 0 Å². The topological polar surface area (TPSA) is 40.5 Å². The molecule has 0 spiro atoms. The molecular weight excluding hydrogens is 475 g/mol. The first-order valence-electron chi connectivity index (χ1n) is 15.1. The standard InChI is InChI=1S/C31H48F3NO2/c1-30(18-15-25(16-19-30)31(32,33)34)27-21-24(22-29(36)37)13-14-28(27)35(26-11-7-2-3-8-12-26)20-17-23-9-5-4-6-10-23/h15-16,18,23-24,26-28H,2-14,17,19-22H2,1H3,(H,36,37)/t24-,27-,28-,30?/m1/s1. The third-order valence-corrected chi connectivity index (χ3v) is 10.2. The lowest BCUT2D eigenvalue weighted by Gasteiger charge is -2.52. The van der Waals surface area contributed by atoms with E-state index >= 15 is 0 Å². The highest BCUT2D eigenvalue weighted by atomic mass is 19.4. The maximum absolute atomic E-state index is 13.4. The molecule has 0 aromatic heterocycles. The number of carboxylic acid groups (broad SMARTS) is 1. The summed E-state index contributed by atoms with van der Waals surface area (Å²) in [6.45, 7) is 3.21. The number of hydrogen-bond acceptors (Lipinski definition) is 2. The molecule has 0 amide bonds. The average molecular weight is 524 g/mol. The van der Waals surface area contributed by atoms with E-state index in [-0.39, 0.29) is 23.7 Å². The molecule has 4 aliphatic rings. The summed E-state index contributed by atoms with van der Waals surface area (Å²) in [4.78, 5) is 14.4. The summed E-state index contributed by atoms with van der Waals surface area (Å²) in [5.74, 6) is 0.309. The summed E-state index contributed by atoms with van der Waals surface area (Å²) >= 11 is 0. The molecule has 3 nitrogen and oxygen atoms in total. The summed E-state index contributed by atoms with van der Waals surface area (Å²) < 4.78 is 40.2. The predicted octanol–water partition coefficient (Wildman–Crippen LogP) is 8.70. The second-order valence-electron chi connectivity index (χ2n) is 12.8. The van der Waals surface area contributed by atoms with Gasteiger partial charge in [0.1, 0.15) is 0 Å². The van der Waals surface area contributed by atoms with Gasteiger partial charge < -0.3 is 5.11 Å². The minimum absolute atomic E-state index is 0.103. The van der Waals surface area contributed by atoms with Crippen LogP contribution in [0.3, 0.4) is 0 Å². The van der Waals surface area contributed by atoms with Gasteiger partial charge in [0.2, 0.25) is 0 Å². The van der Waals surface area contributed by atoms with Crippen LogP contribution in [0.4, 0.5) is 13.2 Å². The van der Waals surface area contributed by atoms with Crippen molar-refractivity contribution in [3.8, 4) is 0 Å². The molecule has 37 heavy (non-hydrogen) atoms. The van der Waals surface area contributed by atoms with Crippen LogP contribution in [-0.2, 0) is 4.79 Å². The number of carbonyl (C=O) groups is 1. The molecule has 0 aromatic carbocycles. The van der Waals surface area contributed by atoms with E-state index in [0.717, 1.165) is 31.7 Å². The number of rotatable bonds is 8. The quantitative estimate of drug-likeness (QED) is 0.324. The second kappa shape index (κ2) is 12.7. The molecule has 210 valence electrons. The van der Waals surface area contributed by atoms with Gasteiger partial charge in [-0.25, -0.2) is 0 Å². The first-order chi connectivity index (χ1) is 17.7. The van der Waals surface area contributed by atoms with Crippen LogP contribution in [0.2, 0.25) is 0 Å². The molecule has 0 radical (unpaired) electrons. The Hall–Kier alpha value is -1.30. The number of alkyl halides is 3. The van der Waals surface area contributed by atoms with Crippen molar-refractivity contribution in [2.24, 2.45) is 23.2 Å². The van der Waals surface area contributed by atoms with Crippen molar-refractivity contribution in [3.05, 3.63) is 23.8 Å². The maximum atomic E-state index is 13.4. The van der Waals surface area contributed by atoms with Gasteiger partial charge in [0.15, 0.2) is 0 Å². The summed E-state index contributed by atoms with van der Waals surface area (Å²) in [7, 11) is 0. The maximum Gasteiger partial charge on any atom is 0.416 e. The molecule has 4 rings (SSSR count). The number of allylic oxidation sites excluding steroid dienone is 4. The Morgan fingerprint density at radius 2 is 1.62 bits per heavy atom. The summed E-state index contributed by atoms with van der Waals surface area (Å²) in [5, 5.41) is 9.53. The number of carboxylic acids is 1. The largest absolute Gasteiger partial charge is 0.481 e. The van der Waals surface area contributed by atoms with Gasteiger partial charge in [-0.2, -0.15) is 13.2 Å². The lowest BCUT2D eigenvalue weighted by molar-refractivity contribution is -0.139. The van der Waals surface area contributed by atoms with Crippen LogP contribution in [-0.4, -0.2) is 40.8 Å². The van der Waals surface area contributed by atoms with Crippen molar-refractivity contribution in [2.75, 3.05) is 6.54 Å². The fourth-order valence-electron chi connectivity index (χ4n) is 8.03. The monoisotopic (exact) mass is 523 g/mol. The van der Waals surface area contributed by atoms with Gasteiger partial charge in [0.25, 0.3) is 0 Å². The van der Waals surface area contributed by atoms with Crippen LogP contribution >= 0.6 is 0 Å². The molecule has 0 aromatic rings. The van der Waals surface area contributed by atoms with Gasteiger partial charge in [0, 0.05) is 18.5 Å². The molecule has 4 aliphatic carbocycles.